The highest BCUT2D eigenvalue weighted by atomic mass is 32.1. The minimum atomic E-state index is 0.343. The number of aryl methyl sites for hydroxylation is 2. The number of nitrogens with zero attached hydrogens (tertiary/aromatic N) is 1. The van der Waals surface area contributed by atoms with Crippen LogP contribution in [0.5, 0.6) is 0 Å². The van der Waals surface area contributed by atoms with Crippen molar-refractivity contribution in [1.29, 1.82) is 0 Å². The number of aromatic nitrogens is 1. The van der Waals surface area contributed by atoms with Crippen LogP contribution in [0.1, 0.15) is 41.8 Å². The number of rotatable bonds is 5. The van der Waals surface area contributed by atoms with Crippen molar-refractivity contribution in [3.8, 4) is 0 Å². The molecule has 2 nitrogen and oxygen atoms in total. The summed E-state index contributed by atoms with van der Waals surface area (Å²) in [5.41, 5.74) is 7.64. The van der Waals surface area contributed by atoms with E-state index in [1.165, 1.54) is 30.5 Å². The molecule has 0 bridgehead atoms. The molecule has 0 amide bonds. The maximum absolute atomic E-state index is 4.46. The number of hydrogen-bond donors (Lipinski definition) is 1. The van der Waals surface area contributed by atoms with Crippen LogP contribution < -0.4 is 5.32 Å². The Bertz CT molecular complexity index is 534. The maximum Gasteiger partial charge on any atom is 0.0795 e. The van der Waals surface area contributed by atoms with Crippen molar-refractivity contribution in [2.45, 2.75) is 38.6 Å². The second-order valence-electron chi connectivity index (χ2n) is 5.18. The third kappa shape index (κ3) is 2.88. The largest absolute Gasteiger partial charge is 0.309 e. The molecule has 3 heteroatoms. The molecule has 0 fully saturated rings. The fourth-order valence-electron chi connectivity index (χ4n) is 2.91. The van der Waals surface area contributed by atoms with Crippen LogP contribution in [0.4, 0.5) is 0 Å². The summed E-state index contributed by atoms with van der Waals surface area (Å²) in [7, 11) is 0. The molecule has 19 heavy (non-hydrogen) atoms. The summed E-state index contributed by atoms with van der Waals surface area (Å²) in [4.78, 5) is 4.46. The molecule has 1 N–H and O–H groups in total. The molecule has 1 heterocycles. The van der Waals surface area contributed by atoms with Crippen LogP contribution in [-0.4, -0.2) is 11.5 Å². The van der Waals surface area contributed by atoms with Crippen molar-refractivity contribution in [3.05, 3.63) is 51.5 Å². The Hall–Kier alpha value is -1.19. The smallest absolute Gasteiger partial charge is 0.0795 e. The topological polar surface area (TPSA) is 24.9 Å². The molecule has 1 aromatic heterocycles. The first-order chi connectivity index (χ1) is 9.36. The van der Waals surface area contributed by atoms with Crippen LogP contribution in [0.25, 0.3) is 0 Å². The van der Waals surface area contributed by atoms with E-state index < -0.39 is 0 Å². The van der Waals surface area contributed by atoms with Gasteiger partial charge in [-0.25, -0.2) is 4.98 Å². The Labute approximate surface area is 118 Å². The summed E-state index contributed by atoms with van der Waals surface area (Å²) in [5, 5.41) is 5.70. The average Bonchev–Trinajstić information content (AvgIpc) is 3.09. The average molecular weight is 272 g/mol. The van der Waals surface area contributed by atoms with E-state index in [9.17, 15) is 0 Å². The molecule has 2 aromatic rings. The number of likely N-dealkylation sites (N-methyl/N-ethyl adjacent to an activating group) is 1. The van der Waals surface area contributed by atoms with Gasteiger partial charge in [0.15, 0.2) is 0 Å². The van der Waals surface area contributed by atoms with Crippen LogP contribution in [0, 0.1) is 0 Å². The van der Waals surface area contributed by atoms with E-state index in [1.807, 2.05) is 5.51 Å². The van der Waals surface area contributed by atoms with E-state index in [4.69, 9.17) is 0 Å². The van der Waals surface area contributed by atoms with Crippen molar-refractivity contribution in [3.63, 3.8) is 0 Å². The van der Waals surface area contributed by atoms with Gasteiger partial charge in [-0.1, -0.05) is 25.1 Å². The summed E-state index contributed by atoms with van der Waals surface area (Å²) in [6.07, 6.45) is 4.87. The summed E-state index contributed by atoms with van der Waals surface area (Å²) >= 11 is 1.67. The van der Waals surface area contributed by atoms with E-state index in [2.05, 4.69) is 40.8 Å². The highest BCUT2D eigenvalue weighted by Gasteiger charge is 2.15. The molecule has 1 aliphatic rings. The van der Waals surface area contributed by atoms with Crippen molar-refractivity contribution in [2.24, 2.45) is 0 Å². The minimum absolute atomic E-state index is 0.343. The van der Waals surface area contributed by atoms with Gasteiger partial charge < -0.3 is 5.32 Å². The second kappa shape index (κ2) is 5.85. The first kappa shape index (κ1) is 12.8. The van der Waals surface area contributed by atoms with Crippen LogP contribution in [0.15, 0.2) is 29.1 Å². The lowest BCUT2D eigenvalue weighted by molar-refractivity contribution is 0.539. The van der Waals surface area contributed by atoms with Gasteiger partial charge in [-0.15, -0.1) is 11.3 Å². The Morgan fingerprint density at radius 1 is 1.32 bits per heavy atom. The normalized spacial score (nSPS) is 15.4. The summed E-state index contributed by atoms with van der Waals surface area (Å²) in [6.45, 7) is 3.13. The van der Waals surface area contributed by atoms with Gasteiger partial charge in [-0.2, -0.15) is 0 Å². The Morgan fingerprint density at radius 3 is 3.00 bits per heavy atom. The fourth-order valence-corrected chi connectivity index (χ4v) is 3.52. The highest BCUT2D eigenvalue weighted by molar-refractivity contribution is 7.07. The molecule has 1 aliphatic carbocycles. The summed E-state index contributed by atoms with van der Waals surface area (Å²) in [5.74, 6) is 0. The molecule has 1 unspecified atom stereocenters. The molecule has 3 rings (SSSR count). The van der Waals surface area contributed by atoms with Crippen LogP contribution in [0.3, 0.4) is 0 Å². The number of thiazole rings is 1. The zero-order chi connectivity index (χ0) is 13.1. The van der Waals surface area contributed by atoms with Crippen LogP contribution in [-0.2, 0) is 19.3 Å². The zero-order valence-electron chi connectivity index (χ0n) is 11.4. The molecule has 0 saturated carbocycles. The number of fused-ring (bicyclic) bond motifs is 1. The fraction of sp³-hybridized carbons (Fsp3) is 0.438. The summed E-state index contributed by atoms with van der Waals surface area (Å²) < 4.78 is 0. The minimum Gasteiger partial charge on any atom is -0.309 e. The zero-order valence-corrected chi connectivity index (χ0v) is 12.2. The number of nitrogens with one attached hydrogen (secondary N) is 1. The number of hydrogen-bond acceptors (Lipinski definition) is 3. The molecular weight excluding hydrogens is 252 g/mol. The lowest BCUT2D eigenvalue weighted by Gasteiger charge is -2.16. The first-order valence-electron chi connectivity index (χ1n) is 7.09. The third-order valence-corrected chi connectivity index (χ3v) is 4.47. The van der Waals surface area contributed by atoms with Crippen LogP contribution >= 0.6 is 11.3 Å². The quantitative estimate of drug-likeness (QED) is 0.900. The Kier molecular flexibility index (Phi) is 3.95. The Morgan fingerprint density at radius 2 is 2.21 bits per heavy atom. The molecule has 0 spiro atoms. The third-order valence-electron chi connectivity index (χ3n) is 3.86. The van der Waals surface area contributed by atoms with E-state index in [0.717, 1.165) is 13.0 Å². The molecule has 0 aliphatic heterocycles. The predicted molar refractivity (Wildman–Crippen MR) is 80.7 cm³/mol. The molecule has 1 atom stereocenters. The van der Waals surface area contributed by atoms with E-state index in [-0.39, 0.29) is 0 Å². The molecule has 0 radical (unpaired) electrons. The van der Waals surface area contributed by atoms with E-state index in [1.54, 1.807) is 22.5 Å². The van der Waals surface area contributed by atoms with Gasteiger partial charge in [0.2, 0.25) is 0 Å². The lowest BCUT2D eigenvalue weighted by atomic mass is 9.99. The van der Waals surface area contributed by atoms with Gasteiger partial charge in [-0.3, -0.25) is 0 Å². The monoisotopic (exact) mass is 272 g/mol. The van der Waals surface area contributed by atoms with Crippen molar-refractivity contribution >= 4 is 11.3 Å². The highest BCUT2D eigenvalue weighted by Crippen LogP contribution is 2.25. The van der Waals surface area contributed by atoms with Gasteiger partial charge in [0, 0.05) is 5.38 Å². The lowest BCUT2D eigenvalue weighted by Crippen LogP contribution is -2.23. The van der Waals surface area contributed by atoms with Crippen molar-refractivity contribution in [2.75, 3.05) is 6.54 Å². The van der Waals surface area contributed by atoms with E-state index >= 15 is 0 Å². The molecule has 0 saturated heterocycles. The van der Waals surface area contributed by atoms with Crippen LogP contribution in [0.2, 0.25) is 0 Å². The van der Waals surface area contributed by atoms with Gasteiger partial charge in [0.1, 0.15) is 0 Å². The van der Waals surface area contributed by atoms with Crippen molar-refractivity contribution < 1.29 is 0 Å². The Balaban J connectivity index is 1.78. The van der Waals surface area contributed by atoms with Gasteiger partial charge >= 0.3 is 0 Å². The van der Waals surface area contributed by atoms with Gasteiger partial charge in [0.25, 0.3) is 0 Å². The van der Waals surface area contributed by atoms with Crippen molar-refractivity contribution in [1.82, 2.24) is 10.3 Å². The SMILES string of the molecule is CCNC(Cc1ccc2c(c1)CCC2)c1cscn1. The second-order valence-corrected chi connectivity index (χ2v) is 5.90. The molecule has 1 aromatic carbocycles. The maximum atomic E-state index is 4.46. The summed E-state index contributed by atoms with van der Waals surface area (Å²) in [6, 6.07) is 7.36. The number of benzene rings is 1. The molecular formula is C16H20N2S. The van der Waals surface area contributed by atoms with Gasteiger partial charge in [0.05, 0.1) is 17.2 Å². The van der Waals surface area contributed by atoms with Gasteiger partial charge in [-0.05, 0) is 48.9 Å². The van der Waals surface area contributed by atoms with E-state index in [0.29, 0.717) is 6.04 Å². The first-order valence-corrected chi connectivity index (χ1v) is 8.03. The molecule has 100 valence electrons. The standard InChI is InChI=1S/C16H20N2S/c1-2-17-15(16-10-19-11-18-16)9-12-6-7-13-4-3-5-14(13)8-12/h6-8,10-11,15,17H,2-5,9H2,1H3. The predicted octanol–water partition coefficient (Wildman–Crippen LogP) is 3.53.